The van der Waals surface area contributed by atoms with Gasteiger partial charge in [0.1, 0.15) is 0 Å². The molecule has 2 fully saturated rings. The van der Waals surface area contributed by atoms with Gasteiger partial charge in [-0.15, -0.1) is 0 Å². The Balaban J connectivity index is 1.28. The lowest BCUT2D eigenvalue weighted by Gasteiger charge is -2.37. The number of amides is 1. The average molecular weight is 347 g/mol. The Morgan fingerprint density at radius 3 is 2.56 bits per heavy atom. The largest absolute Gasteiger partial charge is 0.375 e. The first-order chi connectivity index (χ1) is 12.2. The van der Waals surface area contributed by atoms with Gasteiger partial charge in [-0.2, -0.15) is 0 Å². The summed E-state index contributed by atoms with van der Waals surface area (Å²) < 4.78 is 11.4. The van der Waals surface area contributed by atoms with Gasteiger partial charge in [0.05, 0.1) is 19.8 Å². The molecule has 3 rings (SSSR count). The summed E-state index contributed by atoms with van der Waals surface area (Å²) >= 11 is 0. The van der Waals surface area contributed by atoms with Crippen LogP contribution in [0.5, 0.6) is 0 Å². The van der Waals surface area contributed by atoms with E-state index in [0.717, 1.165) is 38.9 Å². The van der Waals surface area contributed by atoms with Crippen molar-refractivity contribution in [1.29, 1.82) is 0 Å². The van der Waals surface area contributed by atoms with E-state index >= 15 is 0 Å². The zero-order chi connectivity index (χ0) is 17.5. The molecule has 0 unspecified atom stereocenters. The van der Waals surface area contributed by atoms with E-state index in [2.05, 4.69) is 34.3 Å². The minimum atomic E-state index is -0.366. The van der Waals surface area contributed by atoms with Gasteiger partial charge in [-0.3, -0.25) is 9.69 Å². The molecule has 0 bridgehead atoms. The number of para-hydroxylation sites is 1. The molecule has 1 aromatic carbocycles. The van der Waals surface area contributed by atoms with Crippen LogP contribution in [0, 0.1) is 0 Å². The van der Waals surface area contributed by atoms with Crippen molar-refractivity contribution in [3.05, 3.63) is 30.3 Å². The van der Waals surface area contributed by atoms with Crippen LogP contribution in [0.15, 0.2) is 30.3 Å². The van der Waals surface area contributed by atoms with E-state index in [0.29, 0.717) is 26.3 Å². The third-order valence-corrected chi connectivity index (χ3v) is 4.99. The van der Waals surface area contributed by atoms with E-state index < -0.39 is 0 Å². The molecule has 2 aliphatic rings. The fraction of sp³-hybridized carbons (Fsp3) is 0.632. The Labute approximate surface area is 150 Å². The molecule has 2 heterocycles. The summed E-state index contributed by atoms with van der Waals surface area (Å²) in [5.41, 5.74) is 1.20. The summed E-state index contributed by atoms with van der Waals surface area (Å²) in [6.45, 7) is 5.18. The third kappa shape index (κ3) is 5.17. The van der Waals surface area contributed by atoms with E-state index in [-0.39, 0.29) is 11.7 Å². The SMILES string of the molecule is CN(CCCNC(=O)CN1CCC2(CC1)OCCO2)c1ccccc1. The first kappa shape index (κ1) is 18.2. The van der Waals surface area contributed by atoms with Crippen LogP contribution >= 0.6 is 0 Å². The fourth-order valence-electron chi connectivity index (χ4n) is 3.45. The van der Waals surface area contributed by atoms with Crippen molar-refractivity contribution in [3.8, 4) is 0 Å². The number of benzene rings is 1. The highest BCUT2D eigenvalue weighted by Crippen LogP contribution is 2.30. The molecule has 0 saturated carbocycles. The maximum absolute atomic E-state index is 12.1. The molecule has 1 N–H and O–H groups in total. The summed E-state index contributed by atoms with van der Waals surface area (Å²) in [5, 5.41) is 3.03. The van der Waals surface area contributed by atoms with Crippen molar-refractivity contribution in [3.63, 3.8) is 0 Å². The van der Waals surface area contributed by atoms with E-state index in [4.69, 9.17) is 9.47 Å². The predicted molar refractivity (Wildman–Crippen MR) is 97.6 cm³/mol. The van der Waals surface area contributed by atoms with Gasteiger partial charge in [0, 0.05) is 51.8 Å². The van der Waals surface area contributed by atoms with Gasteiger partial charge in [-0.25, -0.2) is 0 Å². The lowest BCUT2D eigenvalue weighted by Crippen LogP contribution is -2.48. The first-order valence-corrected chi connectivity index (χ1v) is 9.20. The van der Waals surface area contributed by atoms with Gasteiger partial charge < -0.3 is 19.7 Å². The molecule has 1 aromatic rings. The number of nitrogens with zero attached hydrogens (tertiary/aromatic N) is 2. The molecule has 1 spiro atoms. The predicted octanol–water partition coefficient (Wildman–Crippen LogP) is 1.47. The topological polar surface area (TPSA) is 54.0 Å². The Morgan fingerprint density at radius 1 is 1.20 bits per heavy atom. The van der Waals surface area contributed by atoms with E-state index in [1.165, 1.54) is 5.69 Å². The molecular weight excluding hydrogens is 318 g/mol. The maximum atomic E-state index is 12.1. The van der Waals surface area contributed by atoms with Crippen molar-refractivity contribution >= 4 is 11.6 Å². The molecule has 2 aliphatic heterocycles. The summed E-state index contributed by atoms with van der Waals surface area (Å²) in [6, 6.07) is 10.3. The summed E-state index contributed by atoms with van der Waals surface area (Å²) in [6.07, 6.45) is 2.63. The number of hydrogen-bond donors (Lipinski definition) is 1. The minimum absolute atomic E-state index is 0.103. The molecule has 138 valence electrons. The molecule has 0 atom stereocenters. The number of hydrogen-bond acceptors (Lipinski definition) is 5. The van der Waals surface area contributed by atoms with Gasteiger partial charge in [0.15, 0.2) is 5.79 Å². The van der Waals surface area contributed by atoms with Crippen LogP contribution in [0.2, 0.25) is 0 Å². The molecule has 6 heteroatoms. The number of ether oxygens (including phenoxy) is 2. The normalized spacial score (nSPS) is 19.9. The average Bonchev–Trinajstić information content (AvgIpc) is 3.10. The second-order valence-electron chi connectivity index (χ2n) is 6.84. The van der Waals surface area contributed by atoms with Crippen LogP contribution in [0.3, 0.4) is 0 Å². The second kappa shape index (κ2) is 8.65. The summed E-state index contributed by atoms with van der Waals surface area (Å²) in [4.78, 5) is 16.5. The standard InChI is InChI=1S/C19H29N3O3/c1-21(17-6-3-2-4-7-17)11-5-10-20-18(23)16-22-12-8-19(9-13-22)24-14-15-25-19/h2-4,6-7H,5,8-16H2,1H3,(H,20,23). The highest BCUT2D eigenvalue weighted by Gasteiger charge is 2.39. The quantitative estimate of drug-likeness (QED) is 0.757. The number of piperidine rings is 1. The highest BCUT2D eigenvalue weighted by molar-refractivity contribution is 5.78. The molecule has 0 radical (unpaired) electrons. The summed E-state index contributed by atoms with van der Waals surface area (Å²) in [7, 11) is 2.08. The van der Waals surface area contributed by atoms with Gasteiger partial charge in [-0.05, 0) is 18.6 Å². The highest BCUT2D eigenvalue weighted by atomic mass is 16.7. The Morgan fingerprint density at radius 2 is 1.88 bits per heavy atom. The van der Waals surface area contributed by atoms with E-state index in [1.807, 2.05) is 18.2 Å². The minimum Gasteiger partial charge on any atom is -0.375 e. The number of nitrogens with one attached hydrogen (secondary N) is 1. The van der Waals surface area contributed by atoms with Gasteiger partial charge in [-0.1, -0.05) is 18.2 Å². The van der Waals surface area contributed by atoms with Gasteiger partial charge in [0.2, 0.25) is 5.91 Å². The van der Waals surface area contributed by atoms with Crippen molar-refractivity contribution < 1.29 is 14.3 Å². The first-order valence-electron chi connectivity index (χ1n) is 9.20. The number of likely N-dealkylation sites (tertiary alicyclic amines) is 1. The number of rotatable bonds is 7. The number of anilines is 1. The van der Waals surface area contributed by atoms with Crippen LogP contribution in [-0.2, 0) is 14.3 Å². The smallest absolute Gasteiger partial charge is 0.234 e. The molecule has 0 aliphatic carbocycles. The van der Waals surface area contributed by atoms with Crippen molar-refractivity contribution in [2.75, 3.05) is 57.9 Å². The monoisotopic (exact) mass is 347 g/mol. The van der Waals surface area contributed by atoms with E-state index in [1.54, 1.807) is 0 Å². The summed E-state index contributed by atoms with van der Waals surface area (Å²) in [5.74, 6) is -0.263. The van der Waals surface area contributed by atoms with Crippen LogP contribution in [0.4, 0.5) is 5.69 Å². The maximum Gasteiger partial charge on any atom is 0.234 e. The lowest BCUT2D eigenvalue weighted by atomic mass is 10.0. The molecule has 25 heavy (non-hydrogen) atoms. The van der Waals surface area contributed by atoms with Gasteiger partial charge in [0.25, 0.3) is 0 Å². The van der Waals surface area contributed by atoms with Gasteiger partial charge >= 0.3 is 0 Å². The molecular formula is C19H29N3O3. The van der Waals surface area contributed by atoms with Crippen molar-refractivity contribution in [1.82, 2.24) is 10.2 Å². The number of carbonyl (C=O) groups excluding carboxylic acids is 1. The van der Waals surface area contributed by atoms with Crippen LogP contribution in [0.25, 0.3) is 0 Å². The Bertz CT molecular complexity index is 536. The van der Waals surface area contributed by atoms with Crippen molar-refractivity contribution in [2.45, 2.75) is 25.0 Å². The number of carbonyl (C=O) groups is 1. The van der Waals surface area contributed by atoms with Crippen LogP contribution in [-0.4, -0.2) is 69.6 Å². The molecule has 1 amide bonds. The van der Waals surface area contributed by atoms with Crippen LogP contribution < -0.4 is 10.2 Å². The molecule has 6 nitrogen and oxygen atoms in total. The molecule has 0 aromatic heterocycles. The lowest BCUT2D eigenvalue weighted by molar-refractivity contribution is -0.185. The second-order valence-corrected chi connectivity index (χ2v) is 6.84. The fourth-order valence-corrected chi connectivity index (χ4v) is 3.45. The van der Waals surface area contributed by atoms with E-state index in [9.17, 15) is 4.79 Å². The third-order valence-electron chi connectivity index (χ3n) is 4.99. The molecule has 2 saturated heterocycles. The van der Waals surface area contributed by atoms with Crippen molar-refractivity contribution in [2.24, 2.45) is 0 Å². The Kier molecular flexibility index (Phi) is 6.29. The van der Waals surface area contributed by atoms with Crippen LogP contribution in [0.1, 0.15) is 19.3 Å². The zero-order valence-electron chi connectivity index (χ0n) is 15.1. The zero-order valence-corrected chi connectivity index (χ0v) is 15.1. The Hall–Kier alpha value is -1.63.